The zero-order chi connectivity index (χ0) is 13.7. The average molecular weight is 282 g/mol. The van der Waals surface area contributed by atoms with Crippen molar-refractivity contribution >= 4 is 17.5 Å². The summed E-state index contributed by atoms with van der Waals surface area (Å²) in [6.07, 6.45) is 3.36. The number of hydrogen-bond donors (Lipinski definition) is 0. The van der Waals surface area contributed by atoms with Crippen molar-refractivity contribution in [2.24, 2.45) is 0 Å². The first-order chi connectivity index (χ1) is 9.19. The maximum atomic E-state index is 12.1. The molecule has 1 aromatic rings. The molecule has 1 aliphatic heterocycles. The van der Waals surface area contributed by atoms with Gasteiger partial charge in [-0.15, -0.1) is 11.6 Å². The number of methoxy groups -OCH3 is 1. The van der Waals surface area contributed by atoms with E-state index in [1.54, 1.807) is 7.11 Å². The minimum atomic E-state index is 0.124. The number of likely N-dealkylation sites (tertiary alicyclic amines) is 1. The first-order valence-corrected chi connectivity index (χ1v) is 7.17. The number of aryl methyl sites for hydroxylation is 1. The number of rotatable bonds is 4. The summed E-state index contributed by atoms with van der Waals surface area (Å²) in [5.41, 5.74) is 1.16. The predicted octanol–water partition coefficient (Wildman–Crippen LogP) is 2.86. The minimum absolute atomic E-state index is 0.124. The van der Waals surface area contributed by atoms with E-state index in [0.29, 0.717) is 13.0 Å². The number of carbonyl (C=O) groups excluding carboxylic acids is 1. The number of carbonyl (C=O) groups is 1. The van der Waals surface area contributed by atoms with Crippen molar-refractivity contribution in [1.82, 2.24) is 4.90 Å². The molecule has 2 rings (SSSR count). The quantitative estimate of drug-likeness (QED) is 0.794. The highest BCUT2D eigenvalue weighted by atomic mass is 35.5. The van der Waals surface area contributed by atoms with Crippen LogP contribution in [0.3, 0.4) is 0 Å². The van der Waals surface area contributed by atoms with Gasteiger partial charge >= 0.3 is 0 Å². The van der Waals surface area contributed by atoms with Crippen LogP contribution in [0.5, 0.6) is 5.75 Å². The summed E-state index contributed by atoms with van der Waals surface area (Å²) in [7, 11) is 1.65. The maximum absolute atomic E-state index is 12.1. The number of nitrogens with zero attached hydrogens (tertiary/aromatic N) is 1. The van der Waals surface area contributed by atoms with Crippen LogP contribution in [-0.2, 0) is 11.2 Å². The van der Waals surface area contributed by atoms with Crippen LogP contribution in [0.15, 0.2) is 24.3 Å². The second-order valence-electron chi connectivity index (χ2n) is 4.93. The van der Waals surface area contributed by atoms with Crippen LogP contribution in [0.25, 0.3) is 0 Å². The standard InChI is InChI=1S/C15H20ClNO2/c1-19-14-7-4-12(5-8-14)6-9-15(18)17-10-2-3-13(16)11-17/h4-5,7-8,13H,2-3,6,9-11H2,1H3. The normalized spacial score (nSPS) is 19.3. The van der Waals surface area contributed by atoms with E-state index in [-0.39, 0.29) is 11.3 Å². The van der Waals surface area contributed by atoms with Gasteiger partial charge in [-0.2, -0.15) is 0 Å². The molecule has 4 heteroatoms. The number of benzene rings is 1. The topological polar surface area (TPSA) is 29.5 Å². The Morgan fingerprint density at radius 2 is 2.16 bits per heavy atom. The Morgan fingerprint density at radius 3 is 2.79 bits per heavy atom. The van der Waals surface area contributed by atoms with Crippen LogP contribution in [0.1, 0.15) is 24.8 Å². The third-order valence-corrected chi connectivity index (χ3v) is 3.86. The second kappa shape index (κ2) is 6.80. The summed E-state index contributed by atoms with van der Waals surface area (Å²) in [6.45, 7) is 1.55. The molecule has 1 amide bonds. The van der Waals surface area contributed by atoms with Gasteiger partial charge in [-0.25, -0.2) is 0 Å². The molecule has 0 N–H and O–H groups in total. The number of halogens is 1. The van der Waals surface area contributed by atoms with E-state index < -0.39 is 0 Å². The lowest BCUT2D eigenvalue weighted by Gasteiger charge is -2.29. The Morgan fingerprint density at radius 1 is 1.42 bits per heavy atom. The fraction of sp³-hybridized carbons (Fsp3) is 0.533. The first kappa shape index (κ1) is 14.2. The van der Waals surface area contributed by atoms with Crippen LogP contribution >= 0.6 is 11.6 Å². The smallest absolute Gasteiger partial charge is 0.222 e. The third-order valence-electron chi connectivity index (χ3n) is 3.50. The van der Waals surface area contributed by atoms with Gasteiger partial charge in [-0.1, -0.05) is 12.1 Å². The number of alkyl halides is 1. The molecule has 104 valence electrons. The van der Waals surface area contributed by atoms with Gasteiger partial charge in [0.2, 0.25) is 5.91 Å². The van der Waals surface area contributed by atoms with Crippen molar-refractivity contribution in [2.75, 3.05) is 20.2 Å². The van der Waals surface area contributed by atoms with Crippen molar-refractivity contribution in [1.29, 1.82) is 0 Å². The first-order valence-electron chi connectivity index (χ1n) is 6.74. The Kier molecular flexibility index (Phi) is 5.08. The van der Waals surface area contributed by atoms with Gasteiger partial charge in [0, 0.05) is 19.5 Å². The minimum Gasteiger partial charge on any atom is -0.497 e. The van der Waals surface area contributed by atoms with E-state index in [0.717, 1.165) is 37.1 Å². The summed E-state index contributed by atoms with van der Waals surface area (Å²) in [6, 6.07) is 7.87. The van der Waals surface area contributed by atoms with Crippen LogP contribution in [0.4, 0.5) is 0 Å². The van der Waals surface area contributed by atoms with Gasteiger partial charge in [0.15, 0.2) is 0 Å². The maximum Gasteiger partial charge on any atom is 0.222 e. The molecular formula is C15H20ClNO2. The lowest BCUT2D eigenvalue weighted by molar-refractivity contribution is -0.131. The van der Waals surface area contributed by atoms with Crippen molar-refractivity contribution in [3.05, 3.63) is 29.8 Å². The fourth-order valence-corrected chi connectivity index (χ4v) is 2.67. The molecule has 1 unspecified atom stereocenters. The van der Waals surface area contributed by atoms with E-state index in [1.807, 2.05) is 29.2 Å². The summed E-state index contributed by atoms with van der Waals surface area (Å²) in [5.74, 6) is 1.05. The Bertz CT molecular complexity index is 419. The van der Waals surface area contributed by atoms with Gasteiger partial charge in [-0.3, -0.25) is 4.79 Å². The molecule has 1 aromatic carbocycles. The zero-order valence-corrected chi connectivity index (χ0v) is 12.0. The molecule has 3 nitrogen and oxygen atoms in total. The summed E-state index contributed by atoms with van der Waals surface area (Å²) < 4.78 is 5.11. The molecule has 19 heavy (non-hydrogen) atoms. The summed E-state index contributed by atoms with van der Waals surface area (Å²) in [5, 5.41) is 0.124. The largest absolute Gasteiger partial charge is 0.497 e. The molecule has 0 radical (unpaired) electrons. The van der Waals surface area contributed by atoms with Crippen LogP contribution < -0.4 is 4.74 Å². The fourth-order valence-electron chi connectivity index (χ4n) is 2.35. The Hall–Kier alpha value is -1.22. The van der Waals surface area contributed by atoms with Crippen LogP contribution in [-0.4, -0.2) is 36.4 Å². The van der Waals surface area contributed by atoms with E-state index in [2.05, 4.69) is 0 Å². The number of hydrogen-bond acceptors (Lipinski definition) is 2. The van der Waals surface area contributed by atoms with Crippen molar-refractivity contribution in [2.45, 2.75) is 31.1 Å². The summed E-state index contributed by atoms with van der Waals surface area (Å²) in [4.78, 5) is 14.0. The van der Waals surface area contributed by atoms with Crippen LogP contribution in [0.2, 0.25) is 0 Å². The van der Waals surface area contributed by atoms with Crippen molar-refractivity contribution in [3.8, 4) is 5.75 Å². The van der Waals surface area contributed by atoms with Crippen LogP contribution in [0, 0.1) is 0 Å². The Labute approximate surface area is 119 Å². The molecule has 0 aliphatic carbocycles. The molecular weight excluding hydrogens is 262 g/mol. The van der Waals surface area contributed by atoms with E-state index in [1.165, 1.54) is 0 Å². The van der Waals surface area contributed by atoms with Gasteiger partial charge in [-0.05, 0) is 37.0 Å². The highest BCUT2D eigenvalue weighted by molar-refractivity contribution is 6.20. The monoisotopic (exact) mass is 281 g/mol. The second-order valence-corrected chi connectivity index (χ2v) is 5.54. The molecule has 0 spiro atoms. The third kappa shape index (κ3) is 4.13. The number of ether oxygens (including phenoxy) is 1. The van der Waals surface area contributed by atoms with E-state index >= 15 is 0 Å². The van der Waals surface area contributed by atoms with Crippen molar-refractivity contribution < 1.29 is 9.53 Å². The van der Waals surface area contributed by atoms with Gasteiger partial charge in [0.1, 0.15) is 5.75 Å². The lowest BCUT2D eigenvalue weighted by Crippen LogP contribution is -2.40. The zero-order valence-electron chi connectivity index (χ0n) is 11.3. The highest BCUT2D eigenvalue weighted by Crippen LogP contribution is 2.17. The van der Waals surface area contributed by atoms with Gasteiger partial charge in [0.05, 0.1) is 12.5 Å². The molecule has 0 bridgehead atoms. The van der Waals surface area contributed by atoms with E-state index in [4.69, 9.17) is 16.3 Å². The molecule has 1 atom stereocenters. The highest BCUT2D eigenvalue weighted by Gasteiger charge is 2.21. The molecule has 1 saturated heterocycles. The van der Waals surface area contributed by atoms with E-state index in [9.17, 15) is 4.79 Å². The summed E-state index contributed by atoms with van der Waals surface area (Å²) >= 11 is 6.10. The lowest BCUT2D eigenvalue weighted by atomic mass is 10.1. The molecule has 0 aromatic heterocycles. The molecule has 0 saturated carbocycles. The SMILES string of the molecule is COc1ccc(CCC(=O)N2CCCC(Cl)C2)cc1. The molecule has 1 fully saturated rings. The number of piperidine rings is 1. The molecule has 1 aliphatic rings. The van der Waals surface area contributed by atoms with Gasteiger partial charge in [0.25, 0.3) is 0 Å². The predicted molar refractivity (Wildman–Crippen MR) is 76.8 cm³/mol. The molecule has 1 heterocycles. The van der Waals surface area contributed by atoms with Gasteiger partial charge < -0.3 is 9.64 Å². The number of amides is 1. The Balaban J connectivity index is 1.82. The average Bonchev–Trinajstić information content (AvgIpc) is 2.45. The van der Waals surface area contributed by atoms with Crippen molar-refractivity contribution in [3.63, 3.8) is 0 Å².